The zero-order chi connectivity index (χ0) is 13.4. The molecule has 2 nitrogen and oxygen atoms in total. The van der Waals surface area contributed by atoms with Crippen LogP contribution in [0, 0.1) is 11.8 Å². The molecular formula is C17H25NOS. The van der Waals surface area contributed by atoms with Crippen LogP contribution in [0.15, 0.2) is 17.5 Å². The number of thiophene rings is 1. The molecule has 2 aliphatic carbocycles. The molecule has 1 aromatic rings. The minimum Gasteiger partial charge on any atom is -0.376 e. The summed E-state index contributed by atoms with van der Waals surface area (Å²) in [6.45, 7) is 0.959. The lowest BCUT2D eigenvalue weighted by molar-refractivity contribution is 0.0769. The Hall–Kier alpha value is -0.380. The van der Waals surface area contributed by atoms with Gasteiger partial charge < -0.3 is 10.1 Å². The molecule has 1 aliphatic heterocycles. The van der Waals surface area contributed by atoms with Gasteiger partial charge in [0.25, 0.3) is 0 Å². The van der Waals surface area contributed by atoms with Gasteiger partial charge in [0.2, 0.25) is 0 Å². The van der Waals surface area contributed by atoms with Crippen LogP contribution >= 0.6 is 11.3 Å². The second kappa shape index (κ2) is 5.78. The van der Waals surface area contributed by atoms with Crippen molar-refractivity contribution in [2.75, 3.05) is 6.61 Å². The molecular weight excluding hydrogens is 266 g/mol. The lowest BCUT2D eigenvalue weighted by atomic mass is 9.94. The van der Waals surface area contributed by atoms with Gasteiger partial charge in [-0.25, -0.2) is 0 Å². The smallest absolute Gasteiger partial charge is 0.0757 e. The molecule has 1 N–H and O–H groups in total. The van der Waals surface area contributed by atoms with E-state index in [-0.39, 0.29) is 0 Å². The first-order valence-corrected chi connectivity index (χ1v) is 9.21. The Morgan fingerprint density at radius 1 is 1.15 bits per heavy atom. The van der Waals surface area contributed by atoms with Crippen molar-refractivity contribution in [2.24, 2.45) is 11.8 Å². The molecule has 0 amide bonds. The van der Waals surface area contributed by atoms with Gasteiger partial charge in [-0.1, -0.05) is 18.9 Å². The summed E-state index contributed by atoms with van der Waals surface area (Å²) in [5.74, 6) is 1.69. The average Bonchev–Trinajstić information content (AvgIpc) is 2.98. The summed E-state index contributed by atoms with van der Waals surface area (Å²) in [4.78, 5) is 1.54. The number of nitrogens with one attached hydrogen (secondary N) is 1. The van der Waals surface area contributed by atoms with Gasteiger partial charge in [-0.3, -0.25) is 0 Å². The van der Waals surface area contributed by atoms with Crippen LogP contribution in [0.4, 0.5) is 0 Å². The van der Waals surface area contributed by atoms with Crippen LogP contribution in [-0.4, -0.2) is 18.8 Å². The highest BCUT2D eigenvalue weighted by atomic mass is 32.1. The quantitative estimate of drug-likeness (QED) is 0.880. The Balaban J connectivity index is 1.49. The first-order chi connectivity index (χ1) is 9.92. The second-order valence-electron chi connectivity index (χ2n) is 6.77. The van der Waals surface area contributed by atoms with E-state index in [1.807, 2.05) is 11.3 Å². The van der Waals surface area contributed by atoms with Crippen molar-refractivity contribution in [3.63, 3.8) is 0 Å². The first kappa shape index (κ1) is 13.3. The first-order valence-electron chi connectivity index (χ1n) is 8.33. The van der Waals surface area contributed by atoms with E-state index in [9.17, 15) is 0 Å². The largest absolute Gasteiger partial charge is 0.376 e. The van der Waals surface area contributed by atoms with Crippen molar-refractivity contribution in [1.29, 1.82) is 0 Å². The molecule has 110 valence electrons. The van der Waals surface area contributed by atoms with E-state index >= 15 is 0 Å². The van der Waals surface area contributed by atoms with E-state index in [2.05, 4.69) is 22.8 Å². The molecule has 0 aromatic carbocycles. The van der Waals surface area contributed by atoms with Gasteiger partial charge in [-0.15, -0.1) is 11.3 Å². The van der Waals surface area contributed by atoms with Crippen molar-refractivity contribution in [3.8, 4) is 0 Å². The Kier molecular flexibility index (Phi) is 3.84. The van der Waals surface area contributed by atoms with Gasteiger partial charge in [-0.05, 0) is 55.4 Å². The Morgan fingerprint density at radius 3 is 2.70 bits per heavy atom. The molecule has 2 heterocycles. The van der Waals surface area contributed by atoms with E-state index in [0.717, 1.165) is 18.4 Å². The van der Waals surface area contributed by atoms with Crippen molar-refractivity contribution in [2.45, 2.75) is 63.1 Å². The third kappa shape index (κ3) is 2.68. The van der Waals surface area contributed by atoms with E-state index in [1.54, 1.807) is 4.88 Å². The van der Waals surface area contributed by atoms with E-state index in [4.69, 9.17) is 4.74 Å². The Morgan fingerprint density at radius 2 is 2.00 bits per heavy atom. The maximum Gasteiger partial charge on any atom is 0.0757 e. The summed E-state index contributed by atoms with van der Waals surface area (Å²) < 4.78 is 6.01. The molecule has 3 heteroatoms. The number of rotatable bonds is 5. The van der Waals surface area contributed by atoms with Crippen molar-refractivity contribution in [3.05, 3.63) is 22.4 Å². The standard InChI is InChI=1S/C17H25NOS/c1-2-5-12(4-1)16(15-6-3-11-20-15)18-14-9-10-19-17(14)13-7-8-13/h3,6,11-14,16-18H,1-2,4-5,7-10H2. The normalized spacial score (nSPS) is 32.8. The Bertz CT molecular complexity index is 422. The fraction of sp³-hybridized carbons (Fsp3) is 0.765. The van der Waals surface area contributed by atoms with Crippen LogP contribution in [0.1, 0.15) is 55.9 Å². The highest BCUT2D eigenvalue weighted by molar-refractivity contribution is 7.10. The predicted octanol–water partition coefficient (Wildman–Crippen LogP) is 4.14. The summed E-state index contributed by atoms with van der Waals surface area (Å²) in [5.41, 5.74) is 0. The summed E-state index contributed by atoms with van der Waals surface area (Å²) in [7, 11) is 0. The molecule has 4 rings (SSSR count). The van der Waals surface area contributed by atoms with Crippen LogP contribution in [0.2, 0.25) is 0 Å². The Labute approximate surface area is 125 Å². The lowest BCUT2D eigenvalue weighted by Gasteiger charge is -2.29. The summed E-state index contributed by atoms with van der Waals surface area (Å²) >= 11 is 1.92. The molecule has 0 spiro atoms. The van der Waals surface area contributed by atoms with Gasteiger partial charge in [-0.2, -0.15) is 0 Å². The zero-order valence-electron chi connectivity index (χ0n) is 12.1. The van der Waals surface area contributed by atoms with Gasteiger partial charge >= 0.3 is 0 Å². The molecule has 3 unspecified atom stereocenters. The van der Waals surface area contributed by atoms with Crippen LogP contribution in [0.5, 0.6) is 0 Å². The van der Waals surface area contributed by atoms with E-state index in [0.29, 0.717) is 18.2 Å². The third-order valence-corrected chi connectivity index (χ3v) is 6.29. The average molecular weight is 291 g/mol. The molecule has 0 bridgehead atoms. The maximum absolute atomic E-state index is 6.01. The van der Waals surface area contributed by atoms with Gasteiger partial charge in [0.1, 0.15) is 0 Å². The van der Waals surface area contributed by atoms with E-state index < -0.39 is 0 Å². The van der Waals surface area contributed by atoms with Gasteiger partial charge in [0.05, 0.1) is 6.10 Å². The molecule has 1 aromatic heterocycles. The predicted molar refractivity (Wildman–Crippen MR) is 83.0 cm³/mol. The van der Waals surface area contributed by atoms with Crippen LogP contribution < -0.4 is 5.32 Å². The van der Waals surface area contributed by atoms with Crippen molar-refractivity contribution >= 4 is 11.3 Å². The molecule has 3 aliphatic rings. The molecule has 1 saturated heterocycles. The number of hydrogen-bond donors (Lipinski definition) is 1. The minimum atomic E-state index is 0.499. The van der Waals surface area contributed by atoms with Crippen molar-refractivity contribution < 1.29 is 4.74 Å². The highest BCUT2D eigenvalue weighted by Crippen LogP contribution is 2.42. The summed E-state index contributed by atoms with van der Waals surface area (Å²) in [6, 6.07) is 5.69. The third-order valence-electron chi connectivity index (χ3n) is 5.34. The molecule has 20 heavy (non-hydrogen) atoms. The zero-order valence-corrected chi connectivity index (χ0v) is 12.9. The summed E-state index contributed by atoms with van der Waals surface area (Å²) in [6.07, 6.45) is 10.1. The highest BCUT2D eigenvalue weighted by Gasteiger charge is 2.42. The van der Waals surface area contributed by atoms with Gasteiger partial charge in [0.15, 0.2) is 0 Å². The molecule has 3 atom stereocenters. The fourth-order valence-electron chi connectivity index (χ4n) is 4.12. The number of ether oxygens (including phenoxy) is 1. The molecule has 3 fully saturated rings. The fourth-order valence-corrected chi connectivity index (χ4v) is 5.00. The van der Waals surface area contributed by atoms with E-state index in [1.165, 1.54) is 44.9 Å². The van der Waals surface area contributed by atoms with Gasteiger partial charge in [0, 0.05) is 23.6 Å². The minimum absolute atomic E-state index is 0.499. The number of hydrogen-bond acceptors (Lipinski definition) is 3. The molecule has 2 saturated carbocycles. The second-order valence-corrected chi connectivity index (χ2v) is 7.75. The van der Waals surface area contributed by atoms with Crippen molar-refractivity contribution in [1.82, 2.24) is 5.32 Å². The SMILES string of the molecule is c1csc(C(NC2CCOC2C2CC2)C2CCCC2)c1. The lowest BCUT2D eigenvalue weighted by Crippen LogP contribution is -2.41. The topological polar surface area (TPSA) is 21.3 Å². The summed E-state index contributed by atoms with van der Waals surface area (Å²) in [5, 5.41) is 6.24. The van der Waals surface area contributed by atoms with Crippen LogP contribution in [0.25, 0.3) is 0 Å². The monoisotopic (exact) mass is 291 g/mol. The van der Waals surface area contributed by atoms with Crippen LogP contribution in [0.3, 0.4) is 0 Å². The maximum atomic E-state index is 6.01. The van der Waals surface area contributed by atoms with Crippen LogP contribution in [-0.2, 0) is 4.74 Å². The molecule has 0 radical (unpaired) electrons.